The van der Waals surface area contributed by atoms with E-state index in [2.05, 4.69) is 22.1 Å². The van der Waals surface area contributed by atoms with Crippen LogP contribution in [0, 0.1) is 5.41 Å². The number of aromatic nitrogens is 1. The van der Waals surface area contributed by atoms with Crippen molar-refractivity contribution in [2.45, 2.75) is 45.6 Å². The van der Waals surface area contributed by atoms with Gasteiger partial charge in [-0.15, -0.1) is 11.3 Å². The minimum Gasteiger partial charge on any atom is -0.443 e. The maximum Gasteiger partial charge on any atom is 0.236 e. The molecule has 1 aliphatic heterocycles. The van der Waals surface area contributed by atoms with Gasteiger partial charge in [-0.05, 0) is 43.0 Å². The first-order valence-electron chi connectivity index (χ1n) is 9.30. The van der Waals surface area contributed by atoms with E-state index in [1.165, 1.54) is 32.1 Å². The largest absolute Gasteiger partial charge is 0.443 e. The minimum absolute atomic E-state index is 0.552. The molecular weight excluding hydrogens is 332 g/mol. The molecule has 6 heteroatoms. The van der Waals surface area contributed by atoms with Gasteiger partial charge in [-0.25, -0.2) is 9.98 Å². The second-order valence-electron chi connectivity index (χ2n) is 7.17. The number of rotatable bonds is 4. The normalized spacial score (nSPS) is 19.9. The number of nitrogens with zero attached hydrogens (tertiary/aromatic N) is 3. The average Bonchev–Trinajstić information content (AvgIpc) is 3.40. The predicted molar refractivity (Wildman–Crippen MR) is 102 cm³/mol. The van der Waals surface area contributed by atoms with Crippen molar-refractivity contribution in [1.29, 1.82) is 0 Å². The summed E-state index contributed by atoms with van der Waals surface area (Å²) in [5.74, 6) is 1.71. The number of nitrogens with one attached hydrogen (secondary N) is 1. The number of thiophene rings is 1. The van der Waals surface area contributed by atoms with Crippen molar-refractivity contribution < 1.29 is 4.42 Å². The summed E-state index contributed by atoms with van der Waals surface area (Å²) in [6.07, 6.45) is 8.60. The summed E-state index contributed by atoms with van der Waals surface area (Å²) in [4.78, 5) is 12.9. The number of likely N-dealkylation sites (tertiary alicyclic amines) is 1. The van der Waals surface area contributed by atoms with E-state index >= 15 is 0 Å². The van der Waals surface area contributed by atoms with Gasteiger partial charge in [-0.3, -0.25) is 0 Å². The third-order valence-electron chi connectivity index (χ3n) is 5.41. The van der Waals surface area contributed by atoms with Crippen LogP contribution in [-0.4, -0.2) is 35.5 Å². The van der Waals surface area contributed by atoms with Crippen LogP contribution in [0.15, 0.2) is 33.2 Å². The zero-order chi connectivity index (χ0) is 17.1. The van der Waals surface area contributed by atoms with Crippen LogP contribution < -0.4 is 5.32 Å². The highest BCUT2D eigenvalue weighted by Crippen LogP contribution is 2.45. The van der Waals surface area contributed by atoms with Gasteiger partial charge < -0.3 is 14.6 Å². The summed E-state index contributed by atoms with van der Waals surface area (Å²) in [5.41, 5.74) is 1.43. The van der Waals surface area contributed by atoms with Gasteiger partial charge in [0.25, 0.3) is 0 Å². The Labute approximate surface area is 153 Å². The van der Waals surface area contributed by atoms with E-state index in [0.29, 0.717) is 17.9 Å². The van der Waals surface area contributed by atoms with E-state index in [4.69, 9.17) is 9.41 Å². The van der Waals surface area contributed by atoms with Crippen LogP contribution in [0.5, 0.6) is 0 Å². The molecule has 1 aliphatic carbocycles. The fourth-order valence-electron chi connectivity index (χ4n) is 4.12. The molecule has 1 N–H and O–H groups in total. The zero-order valence-electron chi connectivity index (χ0n) is 14.8. The topological polar surface area (TPSA) is 53.7 Å². The summed E-state index contributed by atoms with van der Waals surface area (Å²) in [6, 6.07) is 4.04. The standard InChI is InChI=1S/C19H26N4OS/c1-2-20-18(23-10-9-19(14-23)7-3-4-8-19)21-12-15-13-24-17(22-15)16-6-5-11-25-16/h5-6,11,13H,2-4,7-10,12,14H2,1H3,(H,20,21). The second-order valence-corrected chi connectivity index (χ2v) is 8.12. The van der Waals surface area contributed by atoms with Gasteiger partial charge in [0.15, 0.2) is 5.96 Å². The highest BCUT2D eigenvalue weighted by Gasteiger charge is 2.41. The van der Waals surface area contributed by atoms with Crippen molar-refractivity contribution in [2.75, 3.05) is 19.6 Å². The molecule has 0 bridgehead atoms. The fourth-order valence-corrected chi connectivity index (χ4v) is 4.78. The molecule has 4 rings (SSSR count). The molecule has 3 heterocycles. The summed E-state index contributed by atoms with van der Waals surface area (Å²) in [6.45, 7) is 5.84. The number of guanidine groups is 1. The predicted octanol–water partition coefficient (Wildman–Crippen LogP) is 4.13. The van der Waals surface area contributed by atoms with E-state index < -0.39 is 0 Å². The zero-order valence-corrected chi connectivity index (χ0v) is 15.6. The third-order valence-corrected chi connectivity index (χ3v) is 6.27. The number of aliphatic imine (C=N–C) groups is 1. The van der Waals surface area contributed by atoms with Crippen LogP contribution in [0.3, 0.4) is 0 Å². The number of hydrogen-bond donors (Lipinski definition) is 1. The van der Waals surface area contributed by atoms with E-state index in [1.54, 1.807) is 17.6 Å². The van der Waals surface area contributed by atoms with Gasteiger partial charge >= 0.3 is 0 Å². The smallest absolute Gasteiger partial charge is 0.236 e. The van der Waals surface area contributed by atoms with Gasteiger partial charge in [0, 0.05) is 19.6 Å². The van der Waals surface area contributed by atoms with E-state index in [0.717, 1.165) is 36.2 Å². The monoisotopic (exact) mass is 358 g/mol. The molecule has 0 atom stereocenters. The second kappa shape index (κ2) is 7.20. The van der Waals surface area contributed by atoms with E-state index in [-0.39, 0.29) is 0 Å². The molecule has 2 fully saturated rings. The SMILES string of the molecule is CCNC(=NCc1coc(-c2cccs2)n1)N1CCC2(CCCC2)C1. The van der Waals surface area contributed by atoms with E-state index in [1.807, 2.05) is 17.5 Å². The Bertz CT molecular complexity index is 716. The molecule has 0 radical (unpaired) electrons. The quantitative estimate of drug-likeness (QED) is 0.659. The van der Waals surface area contributed by atoms with Gasteiger partial charge in [0.1, 0.15) is 12.0 Å². The first-order valence-corrected chi connectivity index (χ1v) is 10.2. The molecule has 0 aromatic carbocycles. The Balaban J connectivity index is 1.44. The maximum atomic E-state index is 5.60. The molecule has 2 aliphatic rings. The molecule has 1 saturated carbocycles. The summed E-state index contributed by atoms with van der Waals surface area (Å²) in [5, 5.41) is 5.49. The Morgan fingerprint density at radius 3 is 3.04 bits per heavy atom. The minimum atomic E-state index is 0.552. The Kier molecular flexibility index (Phi) is 4.79. The van der Waals surface area contributed by atoms with Gasteiger partial charge in [-0.2, -0.15) is 0 Å². The lowest BCUT2D eigenvalue weighted by molar-refractivity contribution is 0.309. The lowest BCUT2D eigenvalue weighted by Crippen LogP contribution is -2.41. The van der Waals surface area contributed by atoms with Crippen molar-refractivity contribution in [2.24, 2.45) is 10.4 Å². The molecule has 25 heavy (non-hydrogen) atoms. The maximum absolute atomic E-state index is 5.60. The van der Waals surface area contributed by atoms with Crippen LogP contribution in [0.1, 0.15) is 44.7 Å². The Morgan fingerprint density at radius 1 is 1.40 bits per heavy atom. The highest BCUT2D eigenvalue weighted by atomic mass is 32.1. The van der Waals surface area contributed by atoms with Crippen LogP contribution >= 0.6 is 11.3 Å². The lowest BCUT2D eigenvalue weighted by atomic mass is 9.86. The first kappa shape index (κ1) is 16.6. The molecule has 2 aromatic heterocycles. The number of oxazole rings is 1. The summed E-state index contributed by atoms with van der Waals surface area (Å²) in [7, 11) is 0. The first-order chi connectivity index (χ1) is 12.3. The molecule has 1 spiro atoms. The van der Waals surface area contributed by atoms with Crippen LogP contribution in [0.25, 0.3) is 10.8 Å². The van der Waals surface area contributed by atoms with Crippen LogP contribution in [0.2, 0.25) is 0 Å². The fraction of sp³-hybridized carbons (Fsp3) is 0.579. The van der Waals surface area contributed by atoms with Crippen LogP contribution in [0.4, 0.5) is 0 Å². The lowest BCUT2D eigenvalue weighted by Gasteiger charge is -2.25. The third kappa shape index (κ3) is 3.59. The summed E-state index contributed by atoms with van der Waals surface area (Å²) >= 11 is 1.64. The summed E-state index contributed by atoms with van der Waals surface area (Å²) < 4.78 is 5.60. The van der Waals surface area contributed by atoms with Crippen molar-refractivity contribution >= 4 is 17.3 Å². The molecule has 5 nitrogen and oxygen atoms in total. The van der Waals surface area contributed by atoms with Crippen molar-refractivity contribution in [3.63, 3.8) is 0 Å². The average molecular weight is 359 g/mol. The van der Waals surface area contributed by atoms with Crippen molar-refractivity contribution in [1.82, 2.24) is 15.2 Å². The van der Waals surface area contributed by atoms with Crippen molar-refractivity contribution in [3.8, 4) is 10.8 Å². The molecule has 0 amide bonds. The van der Waals surface area contributed by atoms with Gasteiger partial charge in [0.05, 0.1) is 11.4 Å². The van der Waals surface area contributed by atoms with Gasteiger partial charge in [-0.1, -0.05) is 18.9 Å². The molecular formula is C19H26N4OS. The Hall–Kier alpha value is -1.82. The van der Waals surface area contributed by atoms with E-state index in [9.17, 15) is 0 Å². The molecule has 1 saturated heterocycles. The highest BCUT2D eigenvalue weighted by molar-refractivity contribution is 7.13. The van der Waals surface area contributed by atoms with Crippen LogP contribution in [-0.2, 0) is 6.54 Å². The molecule has 134 valence electrons. The Morgan fingerprint density at radius 2 is 2.28 bits per heavy atom. The molecule has 2 aromatic rings. The van der Waals surface area contributed by atoms with Gasteiger partial charge in [0.2, 0.25) is 5.89 Å². The van der Waals surface area contributed by atoms with Crippen molar-refractivity contribution in [3.05, 3.63) is 29.5 Å². The molecule has 0 unspecified atom stereocenters. The number of hydrogen-bond acceptors (Lipinski definition) is 4.